The monoisotopic (exact) mass is 493 g/mol. The summed E-state index contributed by atoms with van der Waals surface area (Å²) in [6.07, 6.45) is 1.64. The van der Waals surface area contributed by atoms with Gasteiger partial charge in [0.2, 0.25) is 0 Å². The minimum Gasteiger partial charge on any atom is -0.391 e. The molecule has 1 saturated carbocycles. The number of likely N-dealkylation sites (tertiary alicyclic amines) is 1. The molecule has 0 bridgehead atoms. The van der Waals surface area contributed by atoms with Crippen molar-refractivity contribution in [3.8, 4) is 10.4 Å². The molecule has 2 aromatic rings. The Hall–Kier alpha value is -2.66. The van der Waals surface area contributed by atoms with Crippen molar-refractivity contribution in [3.05, 3.63) is 28.5 Å². The summed E-state index contributed by atoms with van der Waals surface area (Å²) in [5.41, 5.74) is -0.203. The fourth-order valence-electron chi connectivity index (χ4n) is 4.19. The van der Waals surface area contributed by atoms with Gasteiger partial charge in [0.25, 0.3) is 18.2 Å². The van der Waals surface area contributed by atoms with Gasteiger partial charge in [-0.25, -0.2) is 18.7 Å². The maximum absolute atomic E-state index is 14.1. The number of aromatic nitrogens is 2. The Morgan fingerprint density at radius 1 is 1.32 bits per heavy atom. The van der Waals surface area contributed by atoms with E-state index in [0.717, 1.165) is 30.6 Å². The van der Waals surface area contributed by atoms with Crippen molar-refractivity contribution < 1.29 is 23.5 Å². The predicted molar refractivity (Wildman–Crippen MR) is 125 cm³/mol. The van der Waals surface area contributed by atoms with Gasteiger partial charge in [-0.15, -0.1) is 11.3 Å². The Bertz CT molecular complexity index is 1060. The molecule has 0 unspecified atom stereocenters. The topological polar surface area (TPSA) is 107 Å². The van der Waals surface area contributed by atoms with E-state index in [9.17, 15) is 23.5 Å². The Morgan fingerprint density at radius 3 is 2.71 bits per heavy atom. The molecular weight excluding hydrogens is 464 g/mol. The molecule has 3 heterocycles. The number of rotatable bonds is 8. The van der Waals surface area contributed by atoms with E-state index >= 15 is 0 Å². The highest BCUT2D eigenvalue weighted by Gasteiger charge is 2.35. The van der Waals surface area contributed by atoms with Gasteiger partial charge in [0.05, 0.1) is 17.0 Å². The van der Waals surface area contributed by atoms with Gasteiger partial charge in [0.1, 0.15) is 11.5 Å². The van der Waals surface area contributed by atoms with Crippen LogP contribution in [0.15, 0.2) is 12.3 Å². The number of aliphatic hydroxyl groups is 1. The van der Waals surface area contributed by atoms with Crippen molar-refractivity contribution in [3.63, 3.8) is 0 Å². The quantitative estimate of drug-likeness (QED) is 0.516. The lowest BCUT2D eigenvalue weighted by atomic mass is 9.89. The van der Waals surface area contributed by atoms with Crippen LogP contribution in [0.2, 0.25) is 0 Å². The van der Waals surface area contributed by atoms with Crippen molar-refractivity contribution in [2.45, 2.75) is 70.6 Å². The highest BCUT2D eigenvalue weighted by Crippen LogP contribution is 2.39. The average molecular weight is 494 g/mol. The molecule has 8 nitrogen and oxygen atoms in total. The highest BCUT2D eigenvalue weighted by atomic mass is 32.1. The molecule has 2 aromatic heterocycles. The van der Waals surface area contributed by atoms with E-state index in [4.69, 9.17) is 0 Å². The Kier molecular flexibility index (Phi) is 7.42. The summed E-state index contributed by atoms with van der Waals surface area (Å²) < 4.78 is 28.1. The molecule has 4 rings (SSSR count). The minimum atomic E-state index is -2.81. The first-order valence-corrected chi connectivity index (χ1v) is 12.4. The van der Waals surface area contributed by atoms with Crippen LogP contribution in [-0.4, -0.2) is 63.1 Å². The molecule has 1 aliphatic heterocycles. The lowest BCUT2D eigenvalue weighted by molar-refractivity contribution is 0.0447. The molecule has 2 fully saturated rings. The number of halogens is 2. The number of carbonyl (C=O) groups excluding carboxylic acids is 2. The molecular formula is C23H29F2N5O3S. The summed E-state index contributed by atoms with van der Waals surface area (Å²) in [6.45, 7) is 5.03. The van der Waals surface area contributed by atoms with Crippen molar-refractivity contribution in [2.24, 2.45) is 0 Å². The third-order valence-corrected chi connectivity index (χ3v) is 7.45. The van der Waals surface area contributed by atoms with E-state index in [0.29, 0.717) is 31.7 Å². The van der Waals surface area contributed by atoms with Gasteiger partial charge in [-0.3, -0.25) is 9.59 Å². The molecule has 0 radical (unpaired) electrons. The van der Waals surface area contributed by atoms with E-state index in [2.05, 4.69) is 20.6 Å². The number of carbonyl (C=O) groups is 2. The first kappa shape index (κ1) is 24.5. The van der Waals surface area contributed by atoms with Crippen LogP contribution < -0.4 is 10.6 Å². The van der Waals surface area contributed by atoms with Gasteiger partial charge in [0, 0.05) is 36.5 Å². The summed E-state index contributed by atoms with van der Waals surface area (Å²) in [5.74, 6) is -0.591. The van der Waals surface area contributed by atoms with Crippen LogP contribution in [-0.2, 0) is 0 Å². The minimum absolute atomic E-state index is 0.00207. The van der Waals surface area contributed by atoms with Gasteiger partial charge in [-0.05, 0) is 45.1 Å². The molecule has 1 aliphatic carbocycles. The van der Waals surface area contributed by atoms with E-state index in [-0.39, 0.29) is 44.7 Å². The number of alkyl halides is 2. The van der Waals surface area contributed by atoms with E-state index in [1.54, 1.807) is 4.90 Å². The van der Waals surface area contributed by atoms with Crippen LogP contribution in [0.4, 0.5) is 14.6 Å². The van der Waals surface area contributed by atoms with Gasteiger partial charge in [-0.1, -0.05) is 6.92 Å². The van der Waals surface area contributed by atoms with Crippen LogP contribution in [0, 0.1) is 0 Å². The molecule has 2 aliphatic rings. The maximum atomic E-state index is 14.1. The molecule has 1 saturated heterocycles. The zero-order chi connectivity index (χ0) is 24.4. The number of nitrogens with one attached hydrogen (secondary N) is 2. The normalized spacial score (nSPS) is 22.1. The summed E-state index contributed by atoms with van der Waals surface area (Å²) in [7, 11) is 0. The molecule has 0 spiro atoms. The van der Waals surface area contributed by atoms with E-state index in [1.165, 1.54) is 12.3 Å². The Labute approximate surface area is 200 Å². The maximum Gasteiger partial charge on any atom is 0.280 e. The number of amides is 2. The third-order valence-electron chi connectivity index (χ3n) is 6.36. The molecule has 2 amide bonds. The number of aliphatic hydroxyl groups excluding tert-OH is 1. The Balaban J connectivity index is 1.74. The van der Waals surface area contributed by atoms with Crippen molar-refractivity contribution >= 4 is 29.0 Å². The summed E-state index contributed by atoms with van der Waals surface area (Å²) >= 11 is 0.896. The fraction of sp³-hybridized carbons (Fsp3) is 0.565. The smallest absolute Gasteiger partial charge is 0.280 e. The zero-order valence-electron chi connectivity index (χ0n) is 19.2. The second-order valence-electron chi connectivity index (χ2n) is 8.80. The molecule has 0 aromatic carbocycles. The number of thiazole rings is 1. The van der Waals surface area contributed by atoms with Gasteiger partial charge >= 0.3 is 0 Å². The molecule has 3 N–H and O–H groups in total. The molecule has 184 valence electrons. The van der Waals surface area contributed by atoms with E-state index < -0.39 is 18.4 Å². The van der Waals surface area contributed by atoms with Crippen molar-refractivity contribution in [1.29, 1.82) is 0 Å². The average Bonchev–Trinajstić information content (AvgIpc) is 3.46. The third kappa shape index (κ3) is 4.90. The number of anilines is 1. The first-order chi connectivity index (χ1) is 16.3. The molecule has 3 atom stereocenters. The van der Waals surface area contributed by atoms with E-state index in [1.807, 2.05) is 13.8 Å². The summed E-state index contributed by atoms with van der Waals surface area (Å²) in [4.78, 5) is 36.7. The second-order valence-corrected chi connectivity index (χ2v) is 9.79. The number of nitrogens with zero attached hydrogens (tertiary/aromatic N) is 3. The van der Waals surface area contributed by atoms with Crippen molar-refractivity contribution in [2.75, 3.05) is 18.4 Å². The predicted octanol–water partition coefficient (Wildman–Crippen LogP) is 3.84. The SMILES string of the molecule is CCCNc1cc(C(F)F)c(-c2sc(C(=O)N[C@H]3CC[C@@H]3O)nc2C(=O)N2CCC[C@@H]2C)cn1. The van der Waals surface area contributed by atoms with Crippen LogP contribution in [0.3, 0.4) is 0 Å². The number of pyridine rings is 1. The van der Waals surface area contributed by atoms with Crippen LogP contribution in [0.25, 0.3) is 10.4 Å². The highest BCUT2D eigenvalue weighted by molar-refractivity contribution is 7.17. The largest absolute Gasteiger partial charge is 0.391 e. The zero-order valence-corrected chi connectivity index (χ0v) is 20.0. The lowest BCUT2D eigenvalue weighted by Crippen LogP contribution is -2.50. The van der Waals surface area contributed by atoms with Crippen LogP contribution >= 0.6 is 11.3 Å². The summed E-state index contributed by atoms with van der Waals surface area (Å²) in [5, 5.41) is 15.5. The molecule has 34 heavy (non-hydrogen) atoms. The fourth-order valence-corrected chi connectivity index (χ4v) is 5.18. The first-order valence-electron chi connectivity index (χ1n) is 11.6. The van der Waals surface area contributed by atoms with Gasteiger partial charge in [-0.2, -0.15) is 0 Å². The van der Waals surface area contributed by atoms with Crippen LogP contribution in [0.1, 0.15) is 78.2 Å². The van der Waals surface area contributed by atoms with Crippen LogP contribution in [0.5, 0.6) is 0 Å². The van der Waals surface area contributed by atoms with Gasteiger partial charge < -0.3 is 20.6 Å². The number of hydrogen-bond acceptors (Lipinski definition) is 7. The van der Waals surface area contributed by atoms with Gasteiger partial charge in [0.15, 0.2) is 5.01 Å². The summed E-state index contributed by atoms with van der Waals surface area (Å²) in [6, 6.07) is 0.907. The van der Waals surface area contributed by atoms with Crippen molar-refractivity contribution in [1.82, 2.24) is 20.2 Å². The second kappa shape index (κ2) is 10.3. The standard InChI is InChI=1S/C23H29F2N5O3S/c1-3-8-26-17-10-13(20(24)25)14(11-27-17)19-18(23(33)30-9-4-5-12(30)2)29-22(34-19)21(32)28-15-6-7-16(15)31/h10-12,15-16,20,31H,3-9H2,1-2H3,(H,26,27)(H,28,32)/t12-,15-,16-/m0/s1. The lowest BCUT2D eigenvalue weighted by Gasteiger charge is -2.32. The molecule has 11 heteroatoms. The number of hydrogen-bond donors (Lipinski definition) is 3. The Morgan fingerprint density at radius 2 is 2.12 bits per heavy atom.